The minimum absolute atomic E-state index is 1.02. The molecule has 0 fully saturated rings. The Hall–Kier alpha value is -1.02. The topological polar surface area (TPSA) is 25.2 Å². The summed E-state index contributed by atoms with van der Waals surface area (Å²) in [4.78, 5) is 0. The minimum atomic E-state index is 1.02. The molecule has 0 aliphatic carbocycles. The molecule has 0 saturated carbocycles. The molecule has 0 saturated heterocycles. The molecule has 1 aromatic heterocycles. The van der Waals surface area contributed by atoms with Gasteiger partial charge in [-0.2, -0.15) is 0 Å². The van der Waals surface area contributed by atoms with Crippen LogP contribution in [0.25, 0.3) is 6.08 Å². The van der Waals surface area contributed by atoms with E-state index in [-0.39, 0.29) is 0 Å². The van der Waals surface area contributed by atoms with E-state index >= 15 is 0 Å². The van der Waals surface area contributed by atoms with Crippen LogP contribution in [0, 0.1) is 0 Å². The highest BCUT2D eigenvalue weighted by atomic mass is 16.3. The molecule has 2 heteroatoms. The van der Waals surface area contributed by atoms with Gasteiger partial charge in [-0.05, 0) is 26.1 Å². The summed E-state index contributed by atoms with van der Waals surface area (Å²) in [6.45, 7) is 1.02. The van der Waals surface area contributed by atoms with Crippen LogP contribution in [0.5, 0.6) is 0 Å². The van der Waals surface area contributed by atoms with Crippen molar-refractivity contribution in [2.75, 3.05) is 13.6 Å². The number of hydrogen-bond acceptors (Lipinski definition) is 2. The SMILES string of the molecule is CNCCC=Cc1ccoc1. The third-order valence-electron chi connectivity index (χ3n) is 1.41. The standard InChI is InChI=1S/C9H13NO/c1-10-6-3-2-4-9-5-7-11-8-9/h2,4-5,7-8,10H,3,6H2,1H3. The van der Waals surface area contributed by atoms with Crippen molar-refractivity contribution in [3.05, 3.63) is 30.2 Å². The van der Waals surface area contributed by atoms with Crippen molar-refractivity contribution < 1.29 is 4.42 Å². The maximum absolute atomic E-state index is 4.90. The second-order valence-corrected chi connectivity index (χ2v) is 2.35. The molecule has 0 spiro atoms. The smallest absolute Gasteiger partial charge is 0.0974 e. The zero-order valence-corrected chi connectivity index (χ0v) is 6.71. The first kappa shape index (κ1) is 8.08. The molecule has 60 valence electrons. The molecular formula is C9H13NO. The van der Waals surface area contributed by atoms with Crippen LogP contribution in [0.1, 0.15) is 12.0 Å². The van der Waals surface area contributed by atoms with Crippen molar-refractivity contribution in [1.82, 2.24) is 5.32 Å². The van der Waals surface area contributed by atoms with Crippen molar-refractivity contribution in [2.45, 2.75) is 6.42 Å². The van der Waals surface area contributed by atoms with Gasteiger partial charge in [0, 0.05) is 5.56 Å². The van der Waals surface area contributed by atoms with Gasteiger partial charge in [-0.1, -0.05) is 12.2 Å². The third kappa shape index (κ3) is 3.05. The maximum atomic E-state index is 4.90. The molecule has 0 aromatic carbocycles. The lowest BCUT2D eigenvalue weighted by molar-refractivity contribution is 0.567. The van der Waals surface area contributed by atoms with E-state index in [1.165, 1.54) is 0 Å². The molecule has 0 unspecified atom stereocenters. The second kappa shape index (κ2) is 4.74. The maximum Gasteiger partial charge on any atom is 0.0974 e. The van der Waals surface area contributed by atoms with Crippen LogP contribution >= 0.6 is 0 Å². The van der Waals surface area contributed by atoms with E-state index < -0.39 is 0 Å². The van der Waals surface area contributed by atoms with E-state index in [1.807, 2.05) is 13.1 Å². The molecular weight excluding hydrogens is 138 g/mol. The molecule has 1 heterocycles. The predicted molar refractivity (Wildman–Crippen MR) is 46.3 cm³/mol. The Morgan fingerprint density at radius 3 is 3.18 bits per heavy atom. The van der Waals surface area contributed by atoms with Crippen molar-refractivity contribution in [3.63, 3.8) is 0 Å². The summed E-state index contributed by atoms with van der Waals surface area (Å²) < 4.78 is 4.90. The molecule has 1 aromatic rings. The average Bonchev–Trinajstić information content (AvgIpc) is 2.50. The highest BCUT2D eigenvalue weighted by molar-refractivity contribution is 5.46. The number of nitrogens with one attached hydrogen (secondary N) is 1. The molecule has 0 aliphatic rings. The van der Waals surface area contributed by atoms with Gasteiger partial charge in [0.25, 0.3) is 0 Å². The predicted octanol–water partition coefficient (Wildman–Crippen LogP) is 1.90. The summed E-state index contributed by atoms with van der Waals surface area (Å²) in [6.07, 6.45) is 8.65. The quantitative estimate of drug-likeness (QED) is 0.665. The Morgan fingerprint density at radius 2 is 2.55 bits per heavy atom. The van der Waals surface area contributed by atoms with Crippen molar-refractivity contribution >= 4 is 6.08 Å². The van der Waals surface area contributed by atoms with Crippen LogP contribution < -0.4 is 5.32 Å². The van der Waals surface area contributed by atoms with Gasteiger partial charge in [-0.25, -0.2) is 0 Å². The molecule has 0 bridgehead atoms. The van der Waals surface area contributed by atoms with Crippen LogP contribution in [0.3, 0.4) is 0 Å². The lowest BCUT2D eigenvalue weighted by Crippen LogP contribution is -2.05. The summed E-state index contributed by atoms with van der Waals surface area (Å²) in [5.74, 6) is 0. The van der Waals surface area contributed by atoms with Gasteiger partial charge in [0.1, 0.15) is 0 Å². The van der Waals surface area contributed by atoms with Gasteiger partial charge < -0.3 is 9.73 Å². The zero-order valence-electron chi connectivity index (χ0n) is 6.71. The van der Waals surface area contributed by atoms with Crippen LogP contribution in [0.2, 0.25) is 0 Å². The summed E-state index contributed by atoms with van der Waals surface area (Å²) in [6, 6.07) is 1.94. The number of furan rings is 1. The van der Waals surface area contributed by atoms with Crippen LogP contribution in [-0.2, 0) is 0 Å². The van der Waals surface area contributed by atoms with Gasteiger partial charge in [0.2, 0.25) is 0 Å². The fraction of sp³-hybridized carbons (Fsp3) is 0.333. The molecule has 0 radical (unpaired) electrons. The van der Waals surface area contributed by atoms with E-state index in [0.29, 0.717) is 0 Å². The molecule has 0 aliphatic heterocycles. The van der Waals surface area contributed by atoms with Crippen molar-refractivity contribution in [1.29, 1.82) is 0 Å². The Kier molecular flexibility index (Phi) is 3.48. The summed E-state index contributed by atoms with van der Waals surface area (Å²) in [5.41, 5.74) is 1.13. The van der Waals surface area contributed by atoms with E-state index in [0.717, 1.165) is 18.5 Å². The van der Waals surface area contributed by atoms with Crippen LogP contribution in [-0.4, -0.2) is 13.6 Å². The zero-order chi connectivity index (χ0) is 7.94. The third-order valence-corrected chi connectivity index (χ3v) is 1.41. The summed E-state index contributed by atoms with van der Waals surface area (Å²) in [7, 11) is 1.95. The van der Waals surface area contributed by atoms with Crippen molar-refractivity contribution in [2.24, 2.45) is 0 Å². The first-order valence-electron chi connectivity index (χ1n) is 3.77. The molecule has 2 nitrogen and oxygen atoms in total. The van der Waals surface area contributed by atoms with Gasteiger partial charge in [-0.3, -0.25) is 0 Å². The van der Waals surface area contributed by atoms with Gasteiger partial charge in [0.15, 0.2) is 0 Å². The van der Waals surface area contributed by atoms with E-state index in [1.54, 1.807) is 12.5 Å². The van der Waals surface area contributed by atoms with Crippen molar-refractivity contribution in [3.8, 4) is 0 Å². The van der Waals surface area contributed by atoms with Gasteiger partial charge in [-0.15, -0.1) is 0 Å². The van der Waals surface area contributed by atoms with E-state index in [2.05, 4.69) is 17.5 Å². The second-order valence-electron chi connectivity index (χ2n) is 2.35. The fourth-order valence-corrected chi connectivity index (χ4v) is 0.817. The Labute approximate surface area is 66.9 Å². The summed E-state index contributed by atoms with van der Waals surface area (Å²) >= 11 is 0. The Bertz CT molecular complexity index is 201. The molecule has 11 heavy (non-hydrogen) atoms. The Morgan fingerprint density at radius 1 is 1.64 bits per heavy atom. The van der Waals surface area contributed by atoms with E-state index in [9.17, 15) is 0 Å². The van der Waals surface area contributed by atoms with Gasteiger partial charge in [0.05, 0.1) is 12.5 Å². The molecule has 0 atom stereocenters. The fourth-order valence-electron chi connectivity index (χ4n) is 0.817. The lowest BCUT2D eigenvalue weighted by Gasteiger charge is -1.89. The van der Waals surface area contributed by atoms with E-state index in [4.69, 9.17) is 4.42 Å². The number of rotatable bonds is 4. The summed E-state index contributed by atoms with van der Waals surface area (Å²) in [5, 5.41) is 3.07. The molecule has 1 N–H and O–H groups in total. The van der Waals surface area contributed by atoms with Crippen LogP contribution in [0.4, 0.5) is 0 Å². The first-order valence-corrected chi connectivity index (χ1v) is 3.77. The van der Waals surface area contributed by atoms with Gasteiger partial charge >= 0.3 is 0 Å². The number of hydrogen-bond donors (Lipinski definition) is 1. The van der Waals surface area contributed by atoms with Crippen LogP contribution in [0.15, 0.2) is 29.1 Å². The highest BCUT2D eigenvalue weighted by Crippen LogP contribution is 2.02. The minimum Gasteiger partial charge on any atom is -0.472 e. The molecule has 0 amide bonds. The highest BCUT2D eigenvalue weighted by Gasteiger charge is 1.84. The lowest BCUT2D eigenvalue weighted by atomic mass is 10.3. The average molecular weight is 151 g/mol. The Balaban J connectivity index is 2.25. The monoisotopic (exact) mass is 151 g/mol. The molecule has 1 rings (SSSR count). The normalized spacial score (nSPS) is 11.0. The first-order chi connectivity index (χ1) is 5.43. The largest absolute Gasteiger partial charge is 0.472 e.